The van der Waals surface area contributed by atoms with Gasteiger partial charge in [0, 0.05) is 5.02 Å². The Kier molecular flexibility index (Phi) is 6.65. The van der Waals surface area contributed by atoms with Crippen LogP contribution in [0.2, 0.25) is 5.02 Å². The second-order valence-corrected chi connectivity index (χ2v) is 6.38. The van der Waals surface area contributed by atoms with Crippen LogP contribution in [-0.4, -0.2) is 31.0 Å². The third-order valence-electron chi connectivity index (χ3n) is 3.87. The molecule has 2 N–H and O–H groups in total. The first-order valence-corrected chi connectivity index (χ1v) is 9.01. The van der Waals surface area contributed by atoms with Crippen molar-refractivity contribution >= 4 is 40.2 Å². The maximum Gasteiger partial charge on any atom is 0.339 e. The molecule has 3 aromatic rings. The molecule has 0 fully saturated rings. The zero-order chi connectivity index (χ0) is 20.6. The van der Waals surface area contributed by atoms with Crippen LogP contribution in [-0.2, 0) is 14.3 Å². The molecule has 3 rings (SSSR count). The highest BCUT2D eigenvalue weighted by Crippen LogP contribution is 2.19. The molecule has 29 heavy (non-hydrogen) atoms. The summed E-state index contributed by atoms with van der Waals surface area (Å²) in [6.07, 6.45) is 0. The highest BCUT2D eigenvalue weighted by Gasteiger charge is 2.13. The molecule has 0 aliphatic carbocycles. The van der Waals surface area contributed by atoms with E-state index in [1.54, 1.807) is 42.5 Å². The van der Waals surface area contributed by atoms with Crippen LogP contribution in [0.1, 0.15) is 10.4 Å². The van der Waals surface area contributed by atoms with Gasteiger partial charge in [0.1, 0.15) is 5.75 Å². The lowest BCUT2D eigenvalue weighted by molar-refractivity contribution is -0.131. The molecular weight excluding hydrogens is 396 g/mol. The maximum absolute atomic E-state index is 12.3. The van der Waals surface area contributed by atoms with Crippen molar-refractivity contribution in [2.24, 2.45) is 0 Å². The standard InChI is InChI=1S/C21H17ClN2O5/c22-15-8-10-16(11-9-15)28-12-19(25)23-24-20(26)13-29-21(27)18-7-3-5-14-4-1-2-6-17(14)18/h1-11H,12-13H2,(H,23,25)(H,24,26). The van der Waals surface area contributed by atoms with Gasteiger partial charge in [-0.2, -0.15) is 0 Å². The number of esters is 1. The van der Waals surface area contributed by atoms with Crippen LogP contribution >= 0.6 is 11.6 Å². The first-order valence-electron chi connectivity index (χ1n) is 8.64. The minimum Gasteiger partial charge on any atom is -0.484 e. The van der Waals surface area contributed by atoms with Crippen LogP contribution in [0.25, 0.3) is 10.8 Å². The summed E-state index contributed by atoms with van der Waals surface area (Å²) in [5, 5.41) is 2.17. The van der Waals surface area contributed by atoms with Crippen molar-refractivity contribution in [1.82, 2.24) is 10.9 Å². The monoisotopic (exact) mass is 412 g/mol. The van der Waals surface area contributed by atoms with Crippen molar-refractivity contribution in [1.29, 1.82) is 0 Å². The molecule has 0 saturated heterocycles. The Morgan fingerprint density at radius 2 is 1.45 bits per heavy atom. The van der Waals surface area contributed by atoms with Gasteiger partial charge in [-0.3, -0.25) is 20.4 Å². The van der Waals surface area contributed by atoms with E-state index in [1.165, 1.54) is 0 Å². The highest BCUT2D eigenvalue weighted by atomic mass is 35.5. The van der Waals surface area contributed by atoms with Gasteiger partial charge >= 0.3 is 5.97 Å². The molecule has 0 aliphatic rings. The first kappa shape index (κ1) is 20.2. The Morgan fingerprint density at radius 3 is 2.21 bits per heavy atom. The number of hydrazine groups is 1. The van der Waals surface area contributed by atoms with Gasteiger partial charge in [-0.05, 0) is 41.1 Å². The van der Waals surface area contributed by atoms with Gasteiger partial charge in [-0.15, -0.1) is 0 Å². The number of hydrogen-bond acceptors (Lipinski definition) is 5. The predicted octanol–water partition coefficient (Wildman–Crippen LogP) is 2.88. The molecule has 0 radical (unpaired) electrons. The van der Waals surface area contributed by atoms with E-state index in [0.717, 1.165) is 10.8 Å². The third kappa shape index (κ3) is 5.70. The van der Waals surface area contributed by atoms with E-state index in [4.69, 9.17) is 21.1 Å². The number of hydrogen-bond donors (Lipinski definition) is 2. The van der Waals surface area contributed by atoms with E-state index >= 15 is 0 Å². The summed E-state index contributed by atoms with van der Waals surface area (Å²) < 4.78 is 10.3. The van der Waals surface area contributed by atoms with Crippen molar-refractivity contribution in [3.8, 4) is 5.75 Å². The first-order chi connectivity index (χ1) is 14.0. The number of halogens is 1. The molecule has 0 unspecified atom stereocenters. The van der Waals surface area contributed by atoms with Gasteiger partial charge < -0.3 is 9.47 Å². The van der Waals surface area contributed by atoms with Crippen molar-refractivity contribution in [3.63, 3.8) is 0 Å². The lowest BCUT2D eigenvalue weighted by Gasteiger charge is -2.10. The number of ether oxygens (including phenoxy) is 2. The third-order valence-corrected chi connectivity index (χ3v) is 4.12. The number of carbonyl (C=O) groups excluding carboxylic acids is 3. The number of amides is 2. The van der Waals surface area contributed by atoms with Gasteiger partial charge in [-0.25, -0.2) is 4.79 Å². The van der Waals surface area contributed by atoms with Crippen LogP contribution in [0, 0.1) is 0 Å². The molecule has 0 aliphatic heterocycles. The highest BCUT2D eigenvalue weighted by molar-refractivity contribution is 6.30. The van der Waals surface area contributed by atoms with Gasteiger partial charge in [-0.1, -0.05) is 48.0 Å². The van der Waals surface area contributed by atoms with Crippen LogP contribution < -0.4 is 15.6 Å². The van der Waals surface area contributed by atoms with E-state index in [9.17, 15) is 14.4 Å². The molecule has 7 nitrogen and oxygen atoms in total. The molecule has 148 valence electrons. The summed E-state index contributed by atoms with van der Waals surface area (Å²) in [6.45, 7) is -0.849. The van der Waals surface area contributed by atoms with Crippen molar-refractivity contribution < 1.29 is 23.9 Å². The fraction of sp³-hybridized carbons (Fsp3) is 0.0952. The van der Waals surface area contributed by atoms with Crippen molar-refractivity contribution in [2.75, 3.05) is 13.2 Å². The average molecular weight is 413 g/mol. The van der Waals surface area contributed by atoms with E-state index in [2.05, 4.69) is 10.9 Å². The van der Waals surface area contributed by atoms with Crippen molar-refractivity contribution in [2.45, 2.75) is 0 Å². The molecular formula is C21H17ClN2O5. The van der Waals surface area contributed by atoms with E-state index in [-0.39, 0.29) is 6.61 Å². The molecule has 0 heterocycles. The SMILES string of the molecule is O=C(COC(=O)c1cccc2ccccc12)NNC(=O)COc1ccc(Cl)cc1. The van der Waals surface area contributed by atoms with Gasteiger partial charge in [0.15, 0.2) is 13.2 Å². The minimum absolute atomic E-state index is 0.308. The average Bonchev–Trinajstić information content (AvgIpc) is 2.75. The summed E-state index contributed by atoms with van der Waals surface area (Å²) >= 11 is 5.76. The van der Waals surface area contributed by atoms with E-state index in [0.29, 0.717) is 16.3 Å². The number of rotatable bonds is 6. The summed E-state index contributed by atoms with van der Waals surface area (Å²) in [5.74, 6) is -1.43. The number of benzene rings is 3. The van der Waals surface area contributed by atoms with Crippen LogP contribution in [0.4, 0.5) is 0 Å². The van der Waals surface area contributed by atoms with E-state index < -0.39 is 24.4 Å². The lowest BCUT2D eigenvalue weighted by Crippen LogP contribution is -2.45. The summed E-state index contributed by atoms with van der Waals surface area (Å²) in [6, 6.07) is 19.1. The second kappa shape index (κ2) is 9.57. The molecule has 0 atom stereocenters. The molecule has 0 saturated carbocycles. The molecule has 0 bridgehead atoms. The normalized spacial score (nSPS) is 10.2. The maximum atomic E-state index is 12.3. The fourth-order valence-corrected chi connectivity index (χ4v) is 2.63. The minimum atomic E-state index is -0.682. The Labute approximate surface area is 171 Å². The van der Waals surface area contributed by atoms with Crippen LogP contribution in [0.15, 0.2) is 66.7 Å². The Hall–Kier alpha value is -3.58. The summed E-state index contributed by atoms with van der Waals surface area (Å²) in [5.41, 5.74) is 4.69. The zero-order valence-electron chi connectivity index (χ0n) is 15.2. The summed E-state index contributed by atoms with van der Waals surface area (Å²) in [4.78, 5) is 35.8. The van der Waals surface area contributed by atoms with Crippen molar-refractivity contribution in [3.05, 3.63) is 77.3 Å². The summed E-state index contributed by atoms with van der Waals surface area (Å²) in [7, 11) is 0. The Balaban J connectivity index is 1.43. The molecule has 3 aromatic carbocycles. The van der Waals surface area contributed by atoms with Gasteiger partial charge in [0.2, 0.25) is 0 Å². The molecule has 2 amide bonds. The quantitative estimate of drug-likeness (QED) is 0.479. The number of fused-ring (bicyclic) bond motifs is 1. The predicted molar refractivity (Wildman–Crippen MR) is 107 cm³/mol. The Bertz CT molecular complexity index is 1030. The number of nitrogens with one attached hydrogen (secondary N) is 2. The lowest BCUT2D eigenvalue weighted by atomic mass is 10.1. The zero-order valence-corrected chi connectivity index (χ0v) is 15.9. The second-order valence-electron chi connectivity index (χ2n) is 5.94. The van der Waals surface area contributed by atoms with Crippen LogP contribution in [0.5, 0.6) is 5.75 Å². The number of carbonyl (C=O) groups is 3. The largest absolute Gasteiger partial charge is 0.484 e. The van der Waals surface area contributed by atoms with Gasteiger partial charge in [0.05, 0.1) is 5.56 Å². The van der Waals surface area contributed by atoms with Crippen LogP contribution in [0.3, 0.4) is 0 Å². The molecule has 0 spiro atoms. The Morgan fingerprint density at radius 1 is 0.793 bits per heavy atom. The van der Waals surface area contributed by atoms with E-state index in [1.807, 2.05) is 24.3 Å². The smallest absolute Gasteiger partial charge is 0.339 e. The molecule has 8 heteroatoms. The fourth-order valence-electron chi connectivity index (χ4n) is 2.50. The van der Waals surface area contributed by atoms with Gasteiger partial charge in [0.25, 0.3) is 11.8 Å². The molecule has 0 aromatic heterocycles. The topological polar surface area (TPSA) is 93.7 Å².